The first-order chi connectivity index (χ1) is 13.8. The summed E-state index contributed by atoms with van der Waals surface area (Å²) in [6.45, 7) is 1.92. The first-order valence-electron chi connectivity index (χ1n) is 8.58. The zero-order chi connectivity index (χ0) is 20.7. The Kier molecular flexibility index (Phi) is 4.81. The zero-order valence-corrected chi connectivity index (χ0v) is 16.8. The molecule has 0 saturated heterocycles. The van der Waals surface area contributed by atoms with Crippen LogP contribution >= 0.6 is 22.9 Å². The van der Waals surface area contributed by atoms with Crippen LogP contribution in [0.5, 0.6) is 5.75 Å². The number of thiazole rings is 1. The molecule has 4 rings (SSSR count). The molecule has 0 fully saturated rings. The quantitative estimate of drug-likeness (QED) is 0.520. The van der Waals surface area contributed by atoms with E-state index in [1.807, 2.05) is 5.38 Å². The first kappa shape index (κ1) is 19.1. The number of amides is 1. The van der Waals surface area contributed by atoms with E-state index < -0.39 is 5.91 Å². The largest absolute Gasteiger partial charge is 0.507 e. The van der Waals surface area contributed by atoms with E-state index in [2.05, 4.69) is 9.97 Å². The molecule has 1 amide bonds. The number of aryl methyl sites for hydroxylation is 1. The van der Waals surface area contributed by atoms with Crippen LogP contribution in [0.3, 0.4) is 0 Å². The van der Waals surface area contributed by atoms with Crippen LogP contribution in [-0.4, -0.2) is 25.5 Å². The topological polar surface area (TPSA) is 111 Å². The van der Waals surface area contributed by atoms with Crippen molar-refractivity contribution in [3.05, 3.63) is 73.4 Å². The lowest BCUT2D eigenvalue weighted by atomic mass is 10.1. The van der Waals surface area contributed by atoms with Gasteiger partial charge in [0.25, 0.3) is 11.5 Å². The fraction of sp³-hybridized carbons (Fsp3) is 0.100. The highest BCUT2D eigenvalue weighted by Gasteiger charge is 2.14. The molecule has 7 nitrogen and oxygen atoms in total. The van der Waals surface area contributed by atoms with E-state index in [4.69, 9.17) is 17.3 Å². The summed E-state index contributed by atoms with van der Waals surface area (Å²) in [5.41, 5.74) is 8.07. The van der Waals surface area contributed by atoms with E-state index in [0.29, 0.717) is 38.0 Å². The fourth-order valence-electron chi connectivity index (χ4n) is 3.04. The molecule has 0 radical (unpaired) electrons. The van der Waals surface area contributed by atoms with Crippen LogP contribution in [0.2, 0.25) is 5.02 Å². The molecule has 9 heteroatoms. The molecular formula is C20H15ClN4O3S. The van der Waals surface area contributed by atoms with Gasteiger partial charge in [0.2, 0.25) is 0 Å². The van der Waals surface area contributed by atoms with Gasteiger partial charge in [-0.15, -0.1) is 11.3 Å². The number of primary amides is 1. The van der Waals surface area contributed by atoms with E-state index in [1.165, 1.54) is 23.5 Å². The van der Waals surface area contributed by atoms with Gasteiger partial charge in [-0.05, 0) is 43.3 Å². The van der Waals surface area contributed by atoms with Gasteiger partial charge in [-0.2, -0.15) is 0 Å². The van der Waals surface area contributed by atoms with Gasteiger partial charge in [0.05, 0.1) is 28.8 Å². The molecule has 2 heterocycles. The minimum atomic E-state index is -0.720. The maximum atomic E-state index is 12.7. The monoisotopic (exact) mass is 426 g/mol. The molecule has 0 spiro atoms. The minimum absolute atomic E-state index is 0.0265. The summed E-state index contributed by atoms with van der Waals surface area (Å²) in [5.74, 6) is -0.902. The Bertz CT molecular complexity index is 1330. The summed E-state index contributed by atoms with van der Waals surface area (Å²) in [5, 5.41) is 12.8. The number of phenols is 1. The molecule has 0 atom stereocenters. The van der Waals surface area contributed by atoms with Crippen molar-refractivity contribution in [3.63, 3.8) is 0 Å². The van der Waals surface area contributed by atoms with Crippen molar-refractivity contribution in [2.45, 2.75) is 13.5 Å². The molecule has 0 bridgehead atoms. The number of nitrogens with two attached hydrogens (primary N) is 1. The molecule has 2 aromatic carbocycles. The molecule has 4 aromatic rings. The molecule has 29 heavy (non-hydrogen) atoms. The van der Waals surface area contributed by atoms with Gasteiger partial charge in [0, 0.05) is 16.0 Å². The van der Waals surface area contributed by atoms with Gasteiger partial charge in [0.15, 0.2) is 0 Å². The average Bonchev–Trinajstić information content (AvgIpc) is 3.15. The number of carbonyl (C=O) groups excluding carboxylic acids is 1. The number of rotatable bonds is 4. The highest BCUT2D eigenvalue weighted by atomic mass is 35.5. The Labute approximate surface area is 174 Å². The molecule has 0 aliphatic carbocycles. The highest BCUT2D eigenvalue weighted by Crippen LogP contribution is 2.27. The Morgan fingerprint density at radius 1 is 1.24 bits per heavy atom. The second-order valence-electron chi connectivity index (χ2n) is 6.44. The van der Waals surface area contributed by atoms with Crippen LogP contribution in [0.4, 0.5) is 0 Å². The molecule has 0 aliphatic heterocycles. The van der Waals surface area contributed by atoms with Crippen LogP contribution < -0.4 is 11.3 Å². The van der Waals surface area contributed by atoms with E-state index in [-0.39, 0.29) is 23.4 Å². The lowest BCUT2D eigenvalue weighted by Gasteiger charge is -2.10. The van der Waals surface area contributed by atoms with Crippen molar-refractivity contribution < 1.29 is 9.90 Å². The fourth-order valence-corrected chi connectivity index (χ4v) is 4.00. The SMILES string of the molecule is Cc1nc2ccc(Cl)cc2n(Cc2nc(-c3ccc(O)c(C(N)=O)c3)cs2)c1=O. The van der Waals surface area contributed by atoms with Gasteiger partial charge in [0.1, 0.15) is 16.5 Å². The molecule has 3 N–H and O–H groups in total. The second kappa shape index (κ2) is 7.31. The number of fused-ring (bicyclic) bond motifs is 1. The molecule has 0 aliphatic rings. The van der Waals surface area contributed by atoms with E-state index in [9.17, 15) is 14.7 Å². The van der Waals surface area contributed by atoms with E-state index >= 15 is 0 Å². The number of hydrogen-bond acceptors (Lipinski definition) is 6. The number of halogens is 1. The van der Waals surface area contributed by atoms with Crippen LogP contribution in [0.15, 0.2) is 46.6 Å². The van der Waals surface area contributed by atoms with Crippen molar-refractivity contribution in [3.8, 4) is 17.0 Å². The summed E-state index contributed by atoms with van der Waals surface area (Å²) in [7, 11) is 0. The van der Waals surface area contributed by atoms with Gasteiger partial charge < -0.3 is 10.8 Å². The Hall–Kier alpha value is -3.23. The number of benzene rings is 2. The van der Waals surface area contributed by atoms with Crippen molar-refractivity contribution in [1.29, 1.82) is 0 Å². The standard InChI is InChI=1S/C20H15ClN4O3S/c1-10-20(28)25(16-7-12(21)3-4-14(16)23-10)8-18-24-15(9-29-18)11-2-5-17(26)13(6-11)19(22)27/h2-7,9,26H,8H2,1H3,(H2,22,27). The molecule has 2 aromatic heterocycles. The van der Waals surface area contributed by atoms with E-state index in [0.717, 1.165) is 0 Å². The predicted octanol–water partition coefficient (Wildman–Crippen LogP) is 3.33. The molecular weight excluding hydrogens is 412 g/mol. The number of aromatic nitrogens is 3. The number of aromatic hydroxyl groups is 1. The van der Waals surface area contributed by atoms with Gasteiger partial charge in [-0.3, -0.25) is 14.2 Å². The maximum Gasteiger partial charge on any atom is 0.272 e. The summed E-state index contributed by atoms with van der Waals surface area (Å²) in [6, 6.07) is 9.76. The average molecular weight is 427 g/mol. The van der Waals surface area contributed by atoms with Crippen molar-refractivity contribution in [2.24, 2.45) is 5.73 Å². The van der Waals surface area contributed by atoms with Crippen molar-refractivity contribution in [2.75, 3.05) is 0 Å². The van der Waals surface area contributed by atoms with Crippen LogP contribution in [0, 0.1) is 6.92 Å². The zero-order valence-electron chi connectivity index (χ0n) is 15.2. The third-order valence-corrected chi connectivity index (χ3v) is 5.54. The predicted molar refractivity (Wildman–Crippen MR) is 113 cm³/mol. The second-order valence-corrected chi connectivity index (χ2v) is 7.82. The summed E-state index contributed by atoms with van der Waals surface area (Å²) in [6.07, 6.45) is 0. The lowest BCUT2D eigenvalue weighted by molar-refractivity contribution is 0.0998. The van der Waals surface area contributed by atoms with Crippen LogP contribution in [0.1, 0.15) is 21.1 Å². The van der Waals surface area contributed by atoms with E-state index in [1.54, 1.807) is 35.8 Å². The summed E-state index contributed by atoms with van der Waals surface area (Å²) < 4.78 is 1.60. The normalized spacial score (nSPS) is 11.1. The number of hydrogen-bond donors (Lipinski definition) is 2. The molecule has 146 valence electrons. The summed E-state index contributed by atoms with van der Waals surface area (Å²) >= 11 is 7.49. The first-order valence-corrected chi connectivity index (χ1v) is 9.83. The number of nitrogens with zero attached hydrogens (tertiary/aromatic N) is 3. The van der Waals surface area contributed by atoms with Crippen LogP contribution in [0.25, 0.3) is 22.3 Å². The Morgan fingerprint density at radius 2 is 2.03 bits per heavy atom. The van der Waals surface area contributed by atoms with Gasteiger partial charge >= 0.3 is 0 Å². The Morgan fingerprint density at radius 3 is 2.79 bits per heavy atom. The van der Waals surface area contributed by atoms with Gasteiger partial charge in [-0.25, -0.2) is 9.97 Å². The third kappa shape index (κ3) is 3.59. The van der Waals surface area contributed by atoms with Crippen molar-refractivity contribution >= 4 is 39.9 Å². The third-order valence-electron chi connectivity index (χ3n) is 4.47. The summed E-state index contributed by atoms with van der Waals surface area (Å²) in [4.78, 5) is 33.1. The minimum Gasteiger partial charge on any atom is -0.507 e. The lowest BCUT2D eigenvalue weighted by Crippen LogP contribution is -2.24. The molecule has 0 unspecified atom stereocenters. The molecule has 0 saturated carbocycles. The highest BCUT2D eigenvalue weighted by molar-refractivity contribution is 7.09. The Balaban J connectivity index is 1.75. The maximum absolute atomic E-state index is 12.7. The van der Waals surface area contributed by atoms with Gasteiger partial charge in [-0.1, -0.05) is 11.6 Å². The van der Waals surface area contributed by atoms with Crippen molar-refractivity contribution in [1.82, 2.24) is 14.5 Å². The van der Waals surface area contributed by atoms with Crippen LogP contribution in [-0.2, 0) is 6.54 Å². The number of carbonyl (C=O) groups is 1. The smallest absolute Gasteiger partial charge is 0.272 e.